The van der Waals surface area contributed by atoms with Crippen LogP contribution in [0.25, 0.3) is 11.1 Å². The number of aryl methyl sites for hydroxylation is 1. The van der Waals surface area contributed by atoms with Crippen molar-refractivity contribution in [3.8, 4) is 11.1 Å². The van der Waals surface area contributed by atoms with Crippen LogP contribution in [-0.4, -0.2) is 16.5 Å². The zero-order valence-electron chi connectivity index (χ0n) is 11.0. The summed E-state index contributed by atoms with van der Waals surface area (Å²) < 4.78 is 0. The average molecular weight is 344 g/mol. The third-order valence-corrected chi connectivity index (χ3v) is 4.12. The van der Waals surface area contributed by atoms with E-state index in [0.29, 0.717) is 22.9 Å². The highest BCUT2D eigenvalue weighted by atomic mass is 35.5. The summed E-state index contributed by atoms with van der Waals surface area (Å²) in [7, 11) is 0. The van der Waals surface area contributed by atoms with Gasteiger partial charge in [0.2, 0.25) is 0 Å². The Morgan fingerprint density at radius 2 is 1.67 bits per heavy atom. The first kappa shape index (κ1) is 16.2. The molecule has 0 saturated heterocycles. The van der Waals surface area contributed by atoms with Gasteiger partial charge in [0.05, 0.1) is 10.0 Å². The van der Waals surface area contributed by atoms with E-state index < -0.39 is 11.3 Å². The molecule has 110 valence electrons. The second-order valence-corrected chi connectivity index (χ2v) is 5.99. The Morgan fingerprint density at radius 1 is 1.10 bits per heavy atom. The smallest absolute Gasteiger partial charge is 0.321 e. The molecule has 0 aliphatic heterocycles. The lowest BCUT2D eigenvalue weighted by molar-refractivity contribution is -0.136. The number of benzene rings is 2. The molecule has 2 aromatic carbocycles. The van der Waals surface area contributed by atoms with Crippen molar-refractivity contribution in [2.24, 2.45) is 0 Å². The van der Waals surface area contributed by atoms with Crippen molar-refractivity contribution >= 4 is 40.8 Å². The van der Waals surface area contributed by atoms with Crippen molar-refractivity contribution in [3.05, 3.63) is 58.1 Å². The van der Waals surface area contributed by atoms with Gasteiger partial charge in [-0.1, -0.05) is 53.5 Å². The molecule has 5 heteroatoms. The minimum absolute atomic E-state index is 0.328. The van der Waals surface area contributed by atoms with Crippen molar-refractivity contribution in [2.45, 2.75) is 18.2 Å². The summed E-state index contributed by atoms with van der Waals surface area (Å²) in [4.78, 5) is 10.7. The van der Waals surface area contributed by atoms with Crippen molar-refractivity contribution < 1.29 is 9.90 Å². The first-order chi connectivity index (χ1) is 9.99. The van der Waals surface area contributed by atoms with Gasteiger partial charge < -0.3 is 5.11 Å². The number of carboxylic acids is 1. The molecule has 0 spiro atoms. The number of aliphatic carboxylic acids is 1. The van der Waals surface area contributed by atoms with Crippen molar-refractivity contribution in [1.82, 2.24) is 0 Å². The zero-order valence-corrected chi connectivity index (χ0v) is 13.3. The van der Waals surface area contributed by atoms with Gasteiger partial charge in [0, 0.05) is 5.56 Å². The lowest BCUT2D eigenvalue weighted by Gasteiger charge is -2.11. The van der Waals surface area contributed by atoms with Crippen LogP contribution < -0.4 is 0 Å². The van der Waals surface area contributed by atoms with Crippen LogP contribution in [0.1, 0.15) is 12.0 Å². The van der Waals surface area contributed by atoms with Gasteiger partial charge >= 0.3 is 5.97 Å². The highest BCUT2D eigenvalue weighted by Crippen LogP contribution is 2.36. The number of carbonyl (C=O) groups is 1. The summed E-state index contributed by atoms with van der Waals surface area (Å²) in [6, 6.07) is 13.2. The molecule has 1 atom stereocenters. The number of hydrogen-bond donors (Lipinski definition) is 1. The lowest BCUT2D eigenvalue weighted by atomic mass is 10.0. The maximum absolute atomic E-state index is 10.7. The van der Waals surface area contributed by atoms with Crippen LogP contribution in [0.15, 0.2) is 42.5 Å². The first-order valence-corrected chi connectivity index (χ1v) is 7.58. The highest BCUT2D eigenvalue weighted by molar-refractivity contribution is 6.39. The predicted octanol–water partition coefficient (Wildman–Crippen LogP) is 5.29. The number of rotatable bonds is 5. The van der Waals surface area contributed by atoms with E-state index in [2.05, 4.69) is 0 Å². The summed E-state index contributed by atoms with van der Waals surface area (Å²) in [6.07, 6.45) is 0.837. The SMILES string of the molecule is O=C(O)C(Cl)CCc1cc(Cl)c(-c2ccccc2)c(Cl)c1. The Hall–Kier alpha value is -1.22. The molecule has 0 heterocycles. The molecule has 0 saturated carbocycles. The topological polar surface area (TPSA) is 37.3 Å². The molecule has 21 heavy (non-hydrogen) atoms. The molecular formula is C16H13Cl3O2. The monoisotopic (exact) mass is 342 g/mol. The van der Waals surface area contributed by atoms with E-state index in [1.807, 2.05) is 30.3 Å². The third kappa shape index (κ3) is 4.13. The molecule has 1 unspecified atom stereocenters. The second kappa shape index (κ2) is 7.17. The molecule has 0 amide bonds. The van der Waals surface area contributed by atoms with Gasteiger partial charge in [0.25, 0.3) is 0 Å². The number of hydrogen-bond acceptors (Lipinski definition) is 1. The lowest BCUT2D eigenvalue weighted by Crippen LogP contribution is -2.13. The number of carboxylic acid groups (broad SMARTS) is 1. The van der Waals surface area contributed by atoms with E-state index in [-0.39, 0.29) is 0 Å². The zero-order chi connectivity index (χ0) is 15.4. The summed E-state index contributed by atoms with van der Waals surface area (Å²) >= 11 is 18.3. The summed E-state index contributed by atoms with van der Waals surface area (Å²) in [5, 5.41) is 8.96. The van der Waals surface area contributed by atoms with E-state index in [1.54, 1.807) is 12.1 Å². The van der Waals surface area contributed by atoms with Gasteiger partial charge in [-0.2, -0.15) is 0 Å². The minimum atomic E-state index is -1.02. The summed E-state index contributed by atoms with van der Waals surface area (Å²) in [6.45, 7) is 0. The van der Waals surface area contributed by atoms with Crippen molar-refractivity contribution in [1.29, 1.82) is 0 Å². The molecule has 0 aliphatic rings. The van der Waals surface area contributed by atoms with Crippen LogP contribution in [0.3, 0.4) is 0 Å². The minimum Gasteiger partial charge on any atom is -0.480 e. The largest absolute Gasteiger partial charge is 0.480 e. The maximum atomic E-state index is 10.7. The Bertz CT molecular complexity index is 618. The Kier molecular flexibility index (Phi) is 5.51. The normalized spacial score (nSPS) is 12.1. The standard InChI is InChI=1S/C16H13Cl3O2/c17-12(16(20)21)7-6-10-8-13(18)15(14(19)9-10)11-4-2-1-3-5-11/h1-5,8-9,12H,6-7H2,(H,20,21). The fraction of sp³-hybridized carbons (Fsp3) is 0.188. The van der Waals surface area contributed by atoms with Gasteiger partial charge in [-0.25, -0.2) is 0 Å². The second-order valence-electron chi connectivity index (χ2n) is 4.64. The van der Waals surface area contributed by atoms with Gasteiger partial charge in [-0.3, -0.25) is 4.79 Å². The predicted molar refractivity (Wildman–Crippen MR) is 87.5 cm³/mol. The molecule has 0 aromatic heterocycles. The number of alkyl halides is 1. The maximum Gasteiger partial charge on any atom is 0.321 e. The van der Waals surface area contributed by atoms with Crippen LogP contribution >= 0.6 is 34.8 Å². The number of halogens is 3. The van der Waals surface area contributed by atoms with Crippen LogP contribution in [0.4, 0.5) is 0 Å². The van der Waals surface area contributed by atoms with E-state index in [9.17, 15) is 4.79 Å². The van der Waals surface area contributed by atoms with E-state index in [0.717, 1.165) is 16.7 Å². The van der Waals surface area contributed by atoms with Gasteiger partial charge in [0.1, 0.15) is 5.38 Å². The van der Waals surface area contributed by atoms with Crippen LogP contribution in [-0.2, 0) is 11.2 Å². The summed E-state index contributed by atoms with van der Waals surface area (Å²) in [5.74, 6) is -1.02. The molecule has 0 bridgehead atoms. The van der Waals surface area contributed by atoms with Crippen molar-refractivity contribution in [3.63, 3.8) is 0 Å². The molecule has 2 nitrogen and oxygen atoms in total. The highest BCUT2D eigenvalue weighted by Gasteiger charge is 2.15. The summed E-state index contributed by atoms with van der Waals surface area (Å²) in [5.41, 5.74) is 2.60. The first-order valence-electron chi connectivity index (χ1n) is 6.39. The van der Waals surface area contributed by atoms with Gasteiger partial charge in [0.15, 0.2) is 0 Å². The fourth-order valence-corrected chi connectivity index (χ4v) is 2.93. The van der Waals surface area contributed by atoms with Crippen LogP contribution in [0.5, 0.6) is 0 Å². The molecule has 1 N–H and O–H groups in total. The van der Waals surface area contributed by atoms with Gasteiger partial charge in [-0.05, 0) is 36.1 Å². The Morgan fingerprint density at radius 3 is 2.19 bits per heavy atom. The average Bonchev–Trinajstić information content (AvgIpc) is 2.45. The van der Waals surface area contributed by atoms with Gasteiger partial charge in [-0.15, -0.1) is 11.6 Å². The van der Waals surface area contributed by atoms with Crippen LogP contribution in [0, 0.1) is 0 Å². The quantitative estimate of drug-likeness (QED) is 0.749. The van der Waals surface area contributed by atoms with Crippen molar-refractivity contribution in [2.75, 3.05) is 0 Å². The molecule has 0 aliphatic carbocycles. The molecule has 0 fully saturated rings. The van der Waals surface area contributed by atoms with E-state index in [1.165, 1.54) is 0 Å². The Labute approximate surface area is 138 Å². The fourth-order valence-electron chi connectivity index (χ4n) is 2.07. The Balaban J connectivity index is 2.24. The molecule has 0 radical (unpaired) electrons. The molecule has 2 rings (SSSR count). The molecule has 2 aromatic rings. The van der Waals surface area contributed by atoms with E-state index in [4.69, 9.17) is 39.9 Å². The van der Waals surface area contributed by atoms with E-state index >= 15 is 0 Å². The molecular weight excluding hydrogens is 331 g/mol. The third-order valence-electron chi connectivity index (χ3n) is 3.12. The van der Waals surface area contributed by atoms with Crippen LogP contribution in [0.2, 0.25) is 10.0 Å².